The van der Waals surface area contributed by atoms with Gasteiger partial charge in [0.05, 0.1) is 0 Å². The Morgan fingerprint density at radius 3 is 2.71 bits per heavy atom. The Balaban J connectivity index is 2.83. The van der Waals surface area contributed by atoms with Crippen LogP contribution in [0, 0.1) is 0 Å². The summed E-state index contributed by atoms with van der Waals surface area (Å²) in [4.78, 5) is 16.3. The molecule has 1 saturated heterocycles. The summed E-state index contributed by atoms with van der Waals surface area (Å²) in [6, 6.07) is -0.201. The maximum Gasteiger partial charge on any atom is 0.238 e. The smallest absolute Gasteiger partial charge is 0.238 e. The van der Waals surface area contributed by atoms with Crippen LogP contribution >= 0.6 is 0 Å². The van der Waals surface area contributed by atoms with Crippen LogP contribution in [0.3, 0.4) is 0 Å². The van der Waals surface area contributed by atoms with Gasteiger partial charge in [-0.2, -0.15) is 0 Å². The van der Waals surface area contributed by atoms with Crippen molar-refractivity contribution in [3.05, 3.63) is 0 Å². The zero-order chi connectivity index (χ0) is 13.1. The van der Waals surface area contributed by atoms with Gasteiger partial charge in [-0.15, -0.1) is 0 Å². The number of hydrogen-bond donors (Lipinski definition) is 2. The highest BCUT2D eigenvalue weighted by atomic mass is 16.2. The van der Waals surface area contributed by atoms with E-state index in [1.807, 2.05) is 14.1 Å². The van der Waals surface area contributed by atoms with Crippen molar-refractivity contribution < 1.29 is 4.79 Å². The highest BCUT2D eigenvalue weighted by Crippen LogP contribution is 2.23. The average molecular weight is 242 g/mol. The second kappa shape index (κ2) is 5.80. The molecule has 1 atom stereocenters. The van der Waals surface area contributed by atoms with Crippen LogP contribution < -0.4 is 11.1 Å². The van der Waals surface area contributed by atoms with E-state index >= 15 is 0 Å². The van der Waals surface area contributed by atoms with Crippen molar-refractivity contribution >= 4 is 5.91 Å². The van der Waals surface area contributed by atoms with Crippen LogP contribution in [-0.4, -0.2) is 67.6 Å². The fraction of sp³-hybridized carbons (Fsp3) is 0.917. The van der Waals surface area contributed by atoms with Gasteiger partial charge >= 0.3 is 0 Å². The van der Waals surface area contributed by atoms with E-state index in [2.05, 4.69) is 29.0 Å². The molecule has 1 aliphatic heterocycles. The van der Waals surface area contributed by atoms with Crippen molar-refractivity contribution in [3.8, 4) is 0 Å². The normalized spacial score (nSPS) is 25.8. The average Bonchev–Trinajstić information content (AvgIpc) is 2.32. The molecule has 0 aromatic carbocycles. The standard InChI is InChI=1S/C12H26N4O/c1-12(2)5-6-14-11(17)10(9-13)16(12)8-7-15(3)4/h10H,5-9,13H2,1-4H3,(H,14,17). The highest BCUT2D eigenvalue weighted by molar-refractivity contribution is 5.82. The van der Waals surface area contributed by atoms with Gasteiger partial charge < -0.3 is 16.0 Å². The Labute approximate surface area is 104 Å². The lowest BCUT2D eigenvalue weighted by Crippen LogP contribution is -2.57. The van der Waals surface area contributed by atoms with Gasteiger partial charge in [0.2, 0.25) is 5.91 Å². The summed E-state index contributed by atoms with van der Waals surface area (Å²) < 4.78 is 0. The molecule has 0 radical (unpaired) electrons. The number of carbonyl (C=O) groups is 1. The first kappa shape index (κ1) is 14.4. The lowest BCUT2D eigenvalue weighted by atomic mass is 9.96. The largest absolute Gasteiger partial charge is 0.355 e. The topological polar surface area (TPSA) is 61.6 Å². The first-order valence-corrected chi connectivity index (χ1v) is 6.28. The predicted octanol–water partition coefficient (Wildman–Crippen LogP) is -0.524. The van der Waals surface area contributed by atoms with Crippen molar-refractivity contribution in [1.82, 2.24) is 15.1 Å². The van der Waals surface area contributed by atoms with Gasteiger partial charge in [-0.25, -0.2) is 0 Å². The Morgan fingerprint density at radius 2 is 2.18 bits per heavy atom. The van der Waals surface area contributed by atoms with E-state index in [4.69, 9.17) is 5.73 Å². The van der Waals surface area contributed by atoms with Crippen LogP contribution in [0.1, 0.15) is 20.3 Å². The Kier molecular flexibility index (Phi) is 4.91. The minimum atomic E-state index is -0.201. The first-order chi connectivity index (χ1) is 7.88. The van der Waals surface area contributed by atoms with Crippen LogP contribution in [0.15, 0.2) is 0 Å². The minimum Gasteiger partial charge on any atom is -0.355 e. The number of likely N-dealkylation sites (N-methyl/N-ethyl adjacent to an activating group) is 1. The molecule has 0 spiro atoms. The molecule has 0 aromatic heterocycles. The summed E-state index contributed by atoms with van der Waals surface area (Å²) in [7, 11) is 4.09. The number of nitrogens with zero attached hydrogens (tertiary/aromatic N) is 2. The molecular formula is C12H26N4O. The van der Waals surface area contributed by atoms with Crippen molar-refractivity contribution in [2.75, 3.05) is 40.3 Å². The maximum absolute atomic E-state index is 11.9. The molecule has 1 heterocycles. The van der Waals surface area contributed by atoms with E-state index < -0.39 is 0 Å². The summed E-state index contributed by atoms with van der Waals surface area (Å²) in [5.41, 5.74) is 5.78. The molecule has 0 aromatic rings. The monoisotopic (exact) mass is 242 g/mol. The first-order valence-electron chi connectivity index (χ1n) is 6.28. The van der Waals surface area contributed by atoms with Crippen LogP contribution in [0.2, 0.25) is 0 Å². The van der Waals surface area contributed by atoms with E-state index in [1.54, 1.807) is 0 Å². The Bertz CT molecular complexity index is 265. The van der Waals surface area contributed by atoms with Crippen molar-refractivity contribution in [2.45, 2.75) is 31.8 Å². The minimum absolute atomic E-state index is 0.0131. The molecule has 100 valence electrons. The summed E-state index contributed by atoms with van der Waals surface area (Å²) in [5.74, 6) is 0.0665. The molecule has 1 amide bonds. The second-order valence-electron chi connectivity index (χ2n) is 5.60. The number of nitrogens with one attached hydrogen (secondary N) is 1. The van der Waals surface area contributed by atoms with Crippen molar-refractivity contribution in [3.63, 3.8) is 0 Å². The molecule has 1 fully saturated rings. The van der Waals surface area contributed by atoms with Gasteiger partial charge in [0, 0.05) is 31.7 Å². The number of hydrogen-bond acceptors (Lipinski definition) is 4. The number of nitrogens with two attached hydrogens (primary N) is 1. The van der Waals surface area contributed by atoms with E-state index in [0.29, 0.717) is 6.54 Å². The molecular weight excluding hydrogens is 216 g/mol. The molecule has 1 unspecified atom stereocenters. The van der Waals surface area contributed by atoms with E-state index in [-0.39, 0.29) is 17.5 Å². The second-order valence-corrected chi connectivity index (χ2v) is 5.60. The van der Waals surface area contributed by atoms with Gasteiger partial charge in [0.15, 0.2) is 0 Å². The molecule has 5 heteroatoms. The molecule has 3 N–H and O–H groups in total. The van der Waals surface area contributed by atoms with E-state index in [0.717, 1.165) is 26.1 Å². The number of rotatable bonds is 4. The third-order valence-electron chi connectivity index (χ3n) is 3.50. The van der Waals surface area contributed by atoms with Crippen LogP contribution in [0.25, 0.3) is 0 Å². The van der Waals surface area contributed by atoms with Gasteiger partial charge in [-0.1, -0.05) is 0 Å². The third-order valence-corrected chi connectivity index (χ3v) is 3.50. The van der Waals surface area contributed by atoms with Gasteiger partial charge in [-0.05, 0) is 34.4 Å². The molecule has 1 aliphatic rings. The fourth-order valence-electron chi connectivity index (χ4n) is 2.32. The summed E-state index contributed by atoms with van der Waals surface area (Å²) in [5, 5.41) is 2.94. The molecule has 5 nitrogen and oxygen atoms in total. The van der Waals surface area contributed by atoms with E-state index in [9.17, 15) is 4.79 Å². The SMILES string of the molecule is CN(C)CCN1C(CN)C(=O)NCCC1(C)C. The van der Waals surface area contributed by atoms with Crippen molar-refractivity contribution in [1.29, 1.82) is 0 Å². The molecule has 0 saturated carbocycles. The van der Waals surface area contributed by atoms with Gasteiger partial charge in [-0.3, -0.25) is 9.69 Å². The van der Waals surface area contributed by atoms with Gasteiger partial charge in [0.1, 0.15) is 6.04 Å². The zero-order valence-corrected chi connectivity index (χ0v) is 11.5. The lowest BCUT2D eigenvalue weighted by Gasteiger charge is -2.41. The molecule has 0 aliphatic carbocycles. The lowest BCUT2D eigenvalue weighted by molar-refractivity contribution is -0.126. The number of amides is 1. The number of carbonyl (C=O) groups excluding carboxylic acids is 1. The summed E-state index contributed by atoms with van der Waals surface area (Å²) >= 11 is 0. The van der Waals surface area contributed by atoms with Gasteiger partial charge in [0.25, 0.3) is 0 Å². The quantitative estimate of drug-likeness (QED) is 0.696. The van der Waals surface area contributed by atoms with Crippen LogP contribution in [0.5, 0.6) is 0 Å². The Morgan fingerprint density at radius 1 is 1.53 bits per heavy atom. The predicted molar refractivity (Wildman–Crippen MR) is 69.8 cm³/mol. The molecule has 1 rings (SSSR count). The summed E-state index contributed by atoms with van der Waals surface area (Å²) in [6.07, 6.45) is 0.961. The highest BCUT2D eigenvalue weighted by Gasteiger charge is 2.37. The summed E-state index contributed by atoms with van der Waals surface area (Å²) in [6.45, 7) is 7.29. The zero-order valence-electron chi connectivity index (χ0n) is 11.5. The Hall–Kier alpha value is -0.650. The van der Waals surface area contributed by atoms with Crippen molar-refractivity contribution in [2.24, 2.45) is 5.73 Å². The van der Waals surface area contributed by atoms with Crippen LogP contribution in [-0.2, 0) is 4.79 Å². The molecule has 17 heavy (non-hydrogen) atoms. The fourth-order valence-corrected chi connectivity index (χ4v) is 2.32. The molecule has 0 bridgehead atoms. The van der Waals surface area contributed by atoms with E-state index in [1.165, 1.54) is 0 Å². The maximum atomic E-state index is 11.9. The third kappa shape index (κ3) is 3.66. The van der Waals surface area contributed by atoms with Crippen LogP contribution in [0.4, 0.5) is 0 Å².